The van der Waals surface area contributed by atoms with Crippen molar-refractivity contribution < 1.29 is 20.5 Å². The Bertz CT molecular complexity index is 253. The molecule has 5 heteroatoms. The highest BCUT2D eigenvalue weighted by Crippen LogP contribution is 2.58. The number of rotatable bonds is 10. The maximum absolute atomic E-state index is 8.39. The fourth-order valence-electron chi connectivity index (χ4n) is 1.84. The molecule has 0 aromatic heterocycles. The van der Waals surface area contributed by atoms with Gasteiger partial charge in [-0.15, -0.1) is 0 Å². The van der Waals surface area contributed by atoms with Crippen LogP contribution < -0.4 is 0 Å². The van der Waals surface area contributed by atoms with Gasteiger partial charge >= 0.3 is 0 Å². The van der Waals surface area contributed by atoms with Gasteiger partial charge in [0.05, 0.1) is 52.4 Å². The lowest BCUT2D eigenvalue weighted by Gasteiger charge is -2.22. The normalized spacial score (nSPS) is 10.0. The molecule has 132 valence electrons. The van der Waals surface area contributed by atoms with Crippen LogP contribution in [0.15, 0.2) is 50.6 Å². The first-order chi connectivity index (χ1) is 9.30. The minimum absolute atomic E-state index is 0. The molecule has 0 rings (SSSR count). The lowest BCUT2D eigenvalue weighted by atomic mass is 10.5. The van der Waals surface area contributed by atoms with E-state index >= 15 is 0 Å². The van der Waals surface area contributed by atoms with Gasteiger partial charge in [-0.05, 0) is 0 Å². The molecule has 22 heavy (non-hydrogen) atoms. The first-order valence-electron chi connectivity index (χ1n) is 7.00. The van der Waals surface area contributed by atoms with Gasteiger partial charge in [0, 0.05) is 7.26 Å². The summed E-state index contributed by atoms with van der Waals surface area (Å²) in [5.41, 5.74) is 0. The van der Waals surface area contributed by atoms with Crippen LogP contribution in [0.5, 0.6) is 0 Å². The van der Waals surface area contributed by atoms with E-state index in [-0.39, 0.29) is 17.6 Å². The second-order valence-corrected chi connectivity index (χ2v) is 10.1. The number of aliphatic hydroxyl groups is 1. The molecule has 0 saturated carbocycles. The van der Waals surface area contributed by atoms with E-state index in [1.807, 2.05) is 24.3 Å². The van der Waals surface area contributed by atoms with E-state index in [2.05, 4.69) is 47.5 Å². The van der Waals surface area contributed by atoms with Crippen molar-refractivity contribution in [1.82, 2.24) is 0 Å². The smallest absolute Gasteiger partial charge is 0.101 e. The molecule has 0 aromatic rings. The average molecular weight is 333 g/mol. The Morgan fingerprint density at radius 1 is 0.773 bits per heavy atom. The maximum atomic E-state index is 8.39. The largest absolute Gasteiger partial charge is 0.870 e. The van der Waals surface area contributed by atoms with Crippen molar-refractivity contribution in [3.05, 3.63) is 50.6 Å². The molecule has 3 N–H and O–H groups in total. The van der Waals surface area contributed by atoms with E-state index in [4.69, 9.17) is 5.11 Å². The number of aliphatic hydroxyl groups excluding tert-OH is 1. The molecule has 0 aliphatic rings. The van der Waals surface area contributed by atoms with Crippen molar-refractivity contribution in [3.8, 4) is 0 Å². The zero-order valence-corrected chi connectivity index (χ0v) is 15.5. The second-order valence-electron chi connectivity index (χ2n) is 5.96. The number of quaternary nitrogens is 1. The van der Waals surface area contributed by atoms with Gasteiger partial charge in [-0.2, -0.15) is 0 Å². The third-order valence-corrected chi connectivity index (χ3v) is 6.97. The van der Waals surface area contributed by atoms with Gasteiger partial charge in [0.2, 0.25) is 0 Å². The molecule has 0 amide bonds. The molecule has 0 spiro atoms. The van der Waals surface area contributed by atoms with Crippen LogP contribution in [0.25, 0.3) is 0 Å². The van der Waals surface area contributed by atoms with Crippen molar-refractivity contribution in [3.63, 3.8) is 0 Å². The minimum atomic E-state index is -0.968. The zero-order valence-electron chi connectivity index (χ0n) is 14.6. The van der Waals surface area contributed by atoms with Crippen molar-refractivity contribution in [1.29, 1.82) is 0 Å². The number of allylic oxidation sites excluding steroid dienone is 4. The van der Waals surface area contributed by atoms with Crippen molar-refractivity contribution >= 4 is 7.26 Å². The van der Waals surface area contributed by atoms with Crippen LogP contribution in [0.1, 0.15) is 0 Å². The molecule has 0 aliphatic heterocycles. The highest BCUT2D eigenvalue weighted by molar-refractivity contribution is 7.76. The first-order valence-corrected chi connectivity index (χ1v) is 9.53. The quantitative estimate of drug-likeness (QED) is 0.379. The number of nitrogens with zero attached hydrogens (tertiary/aromatic N) is 1. The predicted octanol–water partition coefficient (Wildman–Crippen LogP) is 3.08. The van der Waals surface area contributed by atoms with Crippen LogP contribution in [-0.2, 0) is 0 Å². The summed E-state index contributed by atoms with van der Waals surface area (Å²) in [5, 5.41) is 8.39. The molecule has 0 fully saturated rings. The number of likely N-dealkylation sites (N-methyl/N-ethyl adjacent to an activating group) is 1. The molecule has 0 aromatic carbocycles. The summed E-state index contributed by atoms with van der Waals surface area (Å²) < 4.78 is 0.844. The summed E-state index contributed by atoms with van der Waals surface area (Å²) >= 11 is 0. The monoisotopic (exact) mass is 333 g/mol. The van der Waals surface area contributed by atoms with Gasteiger partial charge in [-0.1, -0.05) is 50.6 Å². The molecule has 0 unspecified atom stereocenters. The van der Waals surface area contributed by atoms with Gasteiger partial charge in [0.1, 0.15) is 6.54 Å². The average Bonchev–Trinajstić information content (AvgIpc) is 2.29. The SMILES string of the molecule is C=CC[P+](CC=C)(CC=C)CC=C.C[N+](C)(C)CCO.[OH-].[OH-]. The summed E-state index contributed by atoms with van der Waals surface area (Å²) in [7, 11) is 5.19. The molecule has 0 bridgehead atoms. The van der Waals surface area contributed by atoms with E-state index in [1.54, 1.807) is 0 Å². The third kappa shape index (κ3) is 17.3. The topological polar surface area (TPSA) is 80.2 Å². The van der Waals surface area contributed by atoms with E-state index in [9.17, 15) is 0 Å². The van der Waals surface area contributed by atoms with Gasteiger partial charge in [0.25, 0.3) is 0 Å². The van der Waals surface area contributed by atoms with Crippen molar-refractivity contribution in [2.45, 2.75) is 0 Å². The third-order valence-electron chi connectivity index (χ3n) is 2.84. The maximum Gasteiger partial charge on any atom is 0.101 e. The van der Waals surface area contributed by atoms with Gasteiger partial charge in [0.15, 0.2) is 0 Å². The van der Waals surface area contributed by atoms with E-state index in [0.29, 0.717) is 0 Å². The van der Waals surface area contributed by atoms with Crippen molar-refractivity contribution in [2.24, 2.45) is 0 Å². The van der Waals surface area contributed by atoms with Crippen LogP contribution in [-0.4, -0.2) is 79.5 Å². The van der Waals surface area contributed by atoms with Gasteiger partial charge in [-0.25, -0.2) is 0 Å². The van der Waals surface area contributed by atoms with Crippen LogP contribution in [0.3, 0.4) is 0 Å². The van der Waals surface area contributed by atoms with Crippen LogP contribution >= 0.6 is 7.26 Å². The highest BCUT2D eigenvalue weighted by atomic mass is 31.2. The van der Waals surface area contributed by atoms with Crippen LogP contribution in [0, 0.1) is 0 Å². The fraction of sp³-hybridized carbons (Fsp3) is 0.529. The lowest BCUT2D eigenvalue weighted by Crippen LogP contribution is -2.36. The molecule has 0 radical (unpaired) electrons. The van der Waals surface area contributed by atoms with E-state index in [1.165, 1.54) is 0 Å². The standard InChI is InChI=1S/C12H20P.C5H14NO.2H2O/c1-5-9-13(10-6-2,11-7-3)12-8-4;1-6(2,3)4-5-7;;/h5-8H,1-4,9-12H2;7H,4-5H2,1-3H3;2*1H2/q2*+1;;/p-2. The van der Waals surface area contributed by atoms with Gasteiger partial charge < -0.3 is 20.5 Å². The van der Waals surface area contributed by atoms with E-state index < -0.39 is 7.26 Å². The Kier molecular flexibility index (Phi) is 22.1. The summed E-state index contributed by atoms with van der Waals surface area (Å²) in [6, 6.07) is 0. The minimum Gasteiger partial charge on any atom is -0.870 e. The number of hydrogen-bond acceptors (Lipinski definition) is 3. The predicted molar refractivity (Wildman–Crippen MR) is 101 cm³/mol. The van der Waals surface area contributed by atoms with E-state index in [0.717, 1.165) is 35.7 Å². The molecule has 4 nitrogen and oxygen atoms in total. The van der Waals surface area contributed by atoms with Crippen LogP contribution in [0.4, 0.5) is 0 Å². The van der Waals surface area contributed by atoms with Crippen LogP contribution in [0.2, 0.25) is 0 Å². The molecular formula is C17H36NO3P. The Morgan fingerprint density at radius 3 is 1.14 bits per heavy atom. The molecule has 0 atom stereocenters. The molecular weight excluding hydrogens is 297 g/mol. The summed E-state index contributed by atoms with van der Waals surface area (Å²) in [6.45, 7) is 16.4. The Balaban J connectivity index is -0.000000156. The zero-order chi connectivity index (χ0) is 16.1. The van der Waals surface area contributed by atoms with Crippen molar-refractivity contribution in [2.75, 3.05) is 58.9 Å². The second kappa shape index (κ2) is 16.6. The highest BCUT2D eigenvalue weighted by Gasteiger charge is 2.31. The lowest BCUT2D eigenvalue weighted by molar-refractivity contribution is -0.870. The molecule has 0 aliphatic carbocycles. The van der Waals surface area contributed by atoms with Gasteiger partial charge in [-0.3, -0.25) is 0 Å². The molecule has 0 heterocycles. The number of hydrogen-bond donors (Lipinski definition) is 1. The summed E-state index contributed by atoms with van der Waals surface area (Å²) in [6.07, 6.45) is 12.5. The summed E-state index contributed by atoms with van der Waals surface area (Å²) in [5.74, 6) is 0. The Hall–Kier alpha value is -0.770. The molecule has 0 saturated heterocycles. The Labute approximate surface area is 138 Å². The summed E-state index contributed by atoms with van der Waals surface area (Å²) in [4.78, 5) is 0. The first kappa shape index (κ1) is 29.3. The fourth-order valence-corrected chi connectivity index (χ4v) is 4.93. The Morgan fingerprint density at radius 2 is 1.05 bits per heavy atom.